The van der Waals surface area contributed by atoms with Gasteiger partial charge in [-0.15, -0.1) is 11.3 Å². The highest BCUT2D eigenvalue weighted by Crippen LogP contribution is 2.15. The summed E-state index contributed by atoms with van der Waals surface area (Å²) in [5.41, 5.74) is 1.68. The van der Waals surface area contributed by atoms with E-state index in [-0.39, 0.29) is 0 Å². The molecule has 2 aromatic rings. The van der Waals surface area contributed by atoms with E-state index in [9.17, 15) is 4.79 Å². The number of aromatic nitrogens is 2. The standard InChI is InChI=1S/C7H6N2OS/c1-5-4-11-7-8-2-6(3-10)9(5)7/h2-4H,1H3. The zero-order chi connectivity index (χ0) is 7.84. The molecule has 56 valence electrons. The van der Waals surface area contributed by atoms with Crippen molar-refractivity contribution in [2.75, 3.05) is 0 Å². The average Bonchev–Trinajstić information content (AvgIpc) is 2.54. The lowest BCUT2D eigenvalue weighted by atomic mass is 10.5. The summed E-state index contributed by atoms with van der Waals surface area (Å²) in [5, 5.41) is 1.98. The molecule has 0 N–H and O–H groups in total. The summed E-state index contributed by atoms with van der Waals surface area (Å²) < 4.78 is 1.84. The zero-order valence-electron chi connectivity index (χ0n) is 5.94. The Morgan fingerprint density at radius 1 is 1.73 bits per heavy atom. The molecule has 0 unspecified atom stereocenters. The van der Waals surface area contributed by atoms with E-state index in [1.807, 2.05) is 16.7 Å². The molecule has 0 aromatic carbocycles. The van der Waals surface area contributed by atoms with Gasteiger partial charge in [-0.2, -0.15) is 0 Å². The van der Waals surface area contributed by atoms with Gasteiger partial charge < -0.3 is 0 Å². The highest BCUT2D eigenvalue weighted by Gasteiger charge is 2.04. The molecule has 0 amide bonds. The number of carbonyl (C=O) groups excluding carboxylic acids is 1. The van der Waals surface area contributed by atoms with Crippen molar-refractivity contribution < 1.29 is 4.79 Å². The third-order valence-electron chi connectivity index (χ3n) is 1.57. The molecule has 0 saturated carbocycles. The van der Waals surface area contributed by atoms with Crippen LogP contribution in [-0.4, -0.2) is 15.7 Å². The van der Waals surface area contributed by atoms with Gasteiger partial charge in [-0.05, 0) is 6.92 Å². The second-order valence-corrected chi connectivity index (χ2v) is 3.13. The van der Waals surface area contributed by atoms with Gasteiger partial charge in [-0.1, -0.05) is 0 Å². The molecule has 0 spiro atoms. The highest BCUT2D eigenvalue weighted by molar-refractivity contribution is 7.15. The van der Waals surface area contributed by atoms with E-state index >= 15 is 0 Å². The van der Waals surface area contributed by atoms with Gasteiger partial charge in [0.15, 0.2) is 11.2 Å². The number of aldehydes is 1. The summed E-state index contributed by atoms with van der Waals surface area (Å²) in [6, 6.07) is 0. The molecular formula is C7H6N2OS. The Bertz CT molecular complexity index is 401. The molecule has 4 heteroatoms. The number of thiazole rings is 1. The second-order valence-electron chi connectivity index (χ2n) is 2.30. The minimum absolute atomic E-state index is 0.624. The van der Waals surface area contributed by atoms with E-state index in [1.54, 1.807) is 17.5 Å². The summed E-state index contributed by atoms with van der Waals surface area (Å²) in [4.78, 5) is 15.4. The number of hydrogen-bond acceptors (Lipinski definition) is 3. The first-order chi connectivity index (χ1) is 5.33. The van der Waals surface area contributed by atoms with E-state index in [4.69, 9.17) is 0 Å². The van der Waals surface area contributed by atoms with Gasteiger partial charge in [0, 0.05) is 11.1 Å². The monoisotopic (exact) mass is 166 g/mol. The van der Waals surface area contributed by atoms with Crippen LogP contribution in [0.25, 0.3) is 4.96 Å². The van der Waals surface area contributed by atoms with E-state index < -0.39 is 0 Å². The van der Waals surface area contributed by atoms with Gasteiger partial charge in [0.25, 0.3) is 0 Å². The third kappa shape index (κ3) is 0.793. The van der Waals surface area contributed by atoms with Crippen molar-refractivity contribution in [1.82, 2.24) is 9.38 Å². The largest absolute Gasteiger partial charge is 0.296 e. The lowest BCUT2D eigenvalue weighted by molar-refractivity contribution is 0.111. The smallest absolute Gasteiger partial charge is 0.194 e. The van der Waals surface area contributed by atoms with Crippen LogP contribution in [0.3, 0.4) is 0 Å². The SMILES string of the molecule is Cc1csc2ncc(C=O)n12. The number of fused-ring (bicyclic) bond motifs is 1. The van der Waals surface area contributed by atoms with Gasteiger partial charge in [-0.3, -0.25) is 9.20 Å². The van der Waals surface area contributed by atoms with Crippen LogP contribution in [0.5, 0.6) is 0 Å². The summed E-state index contributed by atoms with van der Waals surface area (Å²) in [5.74, 6) is 0. The number of carbonyl (C=O) groups is 1. The molecule has 2 aromatic heterocycles. The summed E-state index contributed by atoms with van der Waals surface area (Å²) in [7, 11) is 0. The van der Waals surface area contributed by atoms with Gasteiger partial charge in [0.05, 0.1) is 6.20 Å². The molecule has 11 heavy (non-hydrogen) atoms. The number of aryl methyl sites for hydroxylation is 1. The first-order valence-corrected chi connectivity index (χ1v) is 4.07. The molecule has 0 aliphatic rings. The Morgan fingerprint density at radius 3 is 3.27 bits per heavy atom. The van der Waals surface area contributed by atoms with Gasteiger partial charge in [0.1, 0.15) is 5.69 Å². The quantitative estimate of drug-likeness (QED) is 0.602. The summed E-state index contributed by atoms with van der Waals surface area (Å²) >= 11 is 1.54. The molecule has 0 radical (unpaired) electrons. The van der Waals surface area contributed by atoms with Gasteiger partial charge in [-0.25, -0.2) is 4.98 Å². The Morgan fingerprint density at radius 2 is 2.55 bits per heavy atom. The Kier molecular flexibility index (Phi) is 1.29. The van der Waals surface area contributed by atoms with Crippen LogP contribution in [0.15, 0.2) is 11.6 Å². The maximum absolute atomic E-state index is 10.5. The number of nitrogens with zero attached hydrogens (tertiary/aromatic N) is 2. The number of rotatable bonds is 1. The van der Waals surface area contributed by atoms with E-state index in [2.05, 4.69) is 4.98 Å². The predicted molar refractivity (Wildman–Crippen MR) is 43.2 cm³/mol. The molecule has 0 atom stereocenters. The van der Waals surface area contributed by atoms with Crippen LogP contribution in [0, 0.1) is 6.92 Å². The van der Waals surface area contributed by atoms with Crippen molar-refractivity contribution in [3.8, 4) is 0 Å². The predicted octanol–water partition coefficient (Wildman–Crippen LogP) is 1.52. The highest BCUT2D eigenvalue weighted by atomic mass is 32.1. The van der Waals surface area contributed by atoms with Crippen LogP contribution < -0.4 is 0 Å². The van der Waals surface area contributed by atoms with Crippen molar-refractivity contribution in [1.29, 1.82) is 0 Å². The summed E-state index contributed by atoms with van der Waals surface area (Å²) in [6.45, 7) is 1.96. The van der Waals surface area contributed by atoms with Crippen LogP contribution in [0.4, 0.5) is 0 Å². The number of hydrogen-bond donors (Lipinski definition) is 0. The van der Waals surface area contributed by atoms with Crippen LogP contribution in [0.2, 0.25) is 0 Å². The molecule has 3 nitrogen and oxygen atoms in total. The van der Waals surface area contributed by atoms with Crippen LogP contribution >= 0.6 is 11.3 Å². The fourth-order valence-corrected chi connectivity index (χ4v) is 1.91. The van der Waals surface area contributed by atoms with Gasteiger partial charge in [0.2, 0.25) is 0 Å². The van der Waals surface area contributed by atoms with Gasteiger partial charge >= 0.3 is 0 Å². The Hall–Kier alpha value is -1.16. The summed E-state index contributed by atoms with van der Waals surface area (Å²) in [6.07, 6.45) is 2.41. The topological polar surface area (TPSA) is 34.4 Å². The van der Waals surface area contributed by atoms with Crippen molar-refractivity contribution in [3.05, 3.63) is 23.0 Å². The fraction of sp³-hybridized carbons (Fsp3) is 0.143. The Balaban J connectivity index is 2.90. The molecule has 0 bridgehead atoms. The van der Waals surface area contributed by atoms with Crippen molar-refractivity contribution >= 4 is 22.6 Å². The van der Waals surface area contributed by atoms with E-state index in [1.165, 1.54) is 0 Å². The van der Waals surface area contributed by atoms with Crippen molar-refractivity contribution in [2.45, 2.75) is 6.92 Å². The normalized spacial score (nSPS) is 10.6. The minimum atomic E-state index is 0.624. The first-order valence-electron chi connectivity index (χ1n) is 3.19. The second kappa shape index (κ2) is 2.17. The van der Waals surface area contributed by atoms with E-state index in [0.29, 0.717) is 5.69 Å². The molecule has 0 aliphatic carbocycles. The van der Waals surface area contributed by atoms with Crippen LogP contribution in [0.1, 0.15) is 16.2 Å². The molecule has 0 fully saturated rings. The lowest BCUT2D eigenvalue weighted by Crippen LogP contribution is -1.89. The Labute approximate surface area is 67.3 Å². The average molecular weight is 166 g/mol. The third-order valence-corrected chi connectivity index (χ3v) is 2.52. The number of imidazole rings is 1. The maximum atomic E-state index is 10.5. The van der Waals surface area contributed by atoms with Crippen molar-refractivity contribution in [2.24, 2.45) is 0 Å². The zero-order valence-corrected chi connectivity index (χ0v) is 6.76. The minimum Gasteiger partial charge on any atom is -0.296 e. The van der Waals surface area contributed by atoms with E-state index in [0.717, 1.165) is 16.9 Å². The molecule has 0 aliphatic heterocycles. The lowest BCUT2D eigenvalue weighted by Gasteiger charge is -1.88. The molecule has 0 saturated heterocycles. The maximum Gasteiger partial charge on any atom is 0.194 e. The van der Waals surface area contributed by atoms with Crippen LogP contribution in [-0.2, 0) is 0 Å². The fourth-order valence-electron chi connectivity index (χ4n) is 1.06. The first kappa shape index (κ1) is 6.54. The van der Waals surface area contributed by atoms with Crippen molar-refractivity contribution in [3.63, 3.8) is 0 Å². The molecular weight excluding hydrogens is 160 g/mol. The molecule has 2 rings (SSSR count). The molecule has 2 heterocycles.